The molecule has 0 radical (unpaired) electrons. The third kappa shape index (κ3) is 5.12. The molecule has 1 aliphatic carbocycles. The van der Waals surface area contributed by atoms with Crippen molar-refractivity contribution in [2.24, 2.45) is 0 Å². The molecule has 0 spiro atoms. The Hall–Kier alpha value is -2.75. The van der Waals surface area contributed by atoms with E-state index in [9.17, 15) is 8.42 Å². The van der Waals surface area contributed by atoms with Gasteiger partial charge < -0.3 is 9.40 Å². The average molecular weight is 514 g/mol. The Balaban J connectivity index is 1.26. The van der Waals surface area contributed by atoms with E-state index in [1.165, 1.54) is 0 Å². The summed E-state index contributed by atoms with van der Waals surface area (Å²) in [5.41, 5.74) is 2.04. The van der Waals surface area contributed by atoms with Crippen LogP contribution in [-0.2, 0) is 15.4 Å². The third-order valence-electron chi connectivity index (χ3n) is 6.36. The molecular formula is C25H28ClN5O3S. The van der Waals surface area contributed by atoms with E-state index >= 15 is 0 Å². The van der Waals surface area contributed by atoms with Gasteiger partial charge in [0.1, 0.15) is 5.82 Å². The standard InChI is InChI=1S/C25H28ClN5O3S/c1-25(2,3)24-30-29-23(34-24)16-6-10-18(11-7-16)31-35(32,33)19-12-13-20-21(14-19)28-22(27-20)15-4-8-17(26)9-5-15/h4-5,8-9,12-14,16,18,31H,6-7,10-11H2,1-3H3,(H,27,28)/t16-,18-. The summed E-state index contributed by atoms with van der Waals surface area (Å²) >= 11 is 5.97. The van der Waals surface area contributed by atoms with Gasteiger partial charge in [-0.25, -0.2) is 18.1 Å². The molecule has 1 saturated carbocycles. The molecule has 5 rings (SSSR count). The minimum absolute atomic E-state index is 0.138. The van der Waals surface area contributed by atoms with Gasteiger partial charge in [0.15, 0.2) is 0 Å². The highest BCUT2D eigenvalue weighted by molar-refractivity contribution is 7.89. The zero-order valence-electron chi connectivity index (χ0n) is 19.9. The van der Waals surface area contributed by atoms with Crippen LogP contribution in [0.1, 0.15) is 64.2 Å². The molecule has 0 atom stereocenters. The first kappa shape index (κ1) is 24.0. The molecule has 0 amide bonds. The predicted molar refractivity (Wildman–Crippen MR) is 135 cm³/mol. The lowest BCUT2D eigenvalue weighted by molar-refractivity contribution is 0.304. The lowest BCUT2D eigenvalue weighted by Crippen LogP contribution is -2.37. The summed E-state index contributed by atoms with van der Waals surface area (Å²) < 4.78 is 35.0. The van der Waals surface area contributed by atoms with Crippen molar-refractivity contribution >= 4 is 32.7 Å². The number of imidazole rings is 1. The molecule has 0 saturated heterocycles. The van der Waals surface area contributed by atoms with Crippen LogP contribution in [0.5, 0.6) is 0 Å². The second-order valence-corrected chi connectivity index (χ2v) is 12.3. The van der Waals surface area contributed by atoms with Gasteiger partial charge in [-0.05, 0) is 68.1 Å². The molecule has 2 aromatic heterocycles. The zero-order valence-corrected chi connectivity index (χ0v) is 21.4. The first-order valence-corrected chi connectivity index (χ1v) is 13.6. The Morgan fingerprint density at radius 3 is 2.40 bits per heavy atom. The summed E-state index contributed by atoms with van der Waals surface area (Å²) in [6, 6.07) is 12.1. The van der Waals surface area contributed by atoms with E-state index < -0.39 is 10.0 Å². The highest BCUT2D eigenvalue weighted by Crippen LogP contribution is 2.34. The van der Waals surface area contributed by atoms with Crippen molar-refractivity contribution in [3.05, 3.63) is 59.3 Å². The number of nitrogens with one attached hydrogen (secondary N) is 2. The molecule has 35 heavy (non-hydrogen) atoms. The molecule has 2 N–H and O–H groups in total. The van der Waals surface area contributed by atoms with Gasteiger partial charge in [0.25, 0.3) is 0 Å². The van der Waals surface area contributed by atoms with Gasteiger partial charge in [0.05, 0.1) is 15.9 Å². The van der Waals surface area contributed by atoms with Crippen molar-refractivity contribution in [2.75, 3.05) is 0 Å². The van der Waals surface area contributed by atoms with Crippen molar-refractivity contribution < 1.29 is 12.8 Å². The maximum Gasteiger partial charge on any atom is 0.240 e. The van der Waals surface area contributed by atoms with Crippen LogP contribution < -0.4 is 4.72 Å². The van der Waals surface area contributed by atoms with Crippen LogP contribution in [0.15, 0.2) is 51.8 Å². The number of hydrogen-bond acceptors (Lipinski definition) is 6. The Morgan fingerprint density at radius 2 is 1.74 bits per heavy atom. The van der Waals surface area contributed by atoms with Crippen LogP contribution in [0.2, 0.25) is 5.02 Å². The highest BCUT2D eigenvalue weighted by atomic mass is 35.5. The minimum Gasteiger partial charge on any atom is -0.424 e. The van der Waals surface area contributed by atoms with E-state index in [1.807, 2.05) is 32.9 Å². The first-order valence-electron chi connectivity index (χ1n) is 11.7. The molecule has 1 aliphatic rings. The zero-order chi connectivity index (χ0) is 24.8. The Bertz CT molecular complexity index is 1450. The second kappa shape index (κ2) is 9.04. The largest absolute Gasteiger partial charge is 0.424 e. The van der Waals surface area contributed by atoms with Crippen LogP contribution in [0.3, 0.4) is 0 Å². The predicted octanol–water partition coefficient (Wildman–Crippen LogP) is 5.57. The van der Waals surface area contributed by atoms with E-state index in [2.05, 4.69) is 24.9 Å². The van der Waals surface area contributed by atoms with E-state index in [-0.39, 0.29) is 22.3 Å². The Morgan fingerprint density at radius 1 is 1.03 bits per heavy atom. The molecule has 0 aliphatic heterocycles. The molecule has 2 heterocycles. The number of aromatic amines is 1. The normalized spacial score (nSPS) is 19.3. The van der Waals surface area contributed by atoms with Crippen LogP contribution in [0.25, 0.3) is 22.4 Å². The average Bonchev–Trinajstić information content (AvgIpc) is 3.47. The van der Waals surface area contributed by atoms with Crippen molar-refractivity contribution in [3.63, 3.8) is 0 Å². The SMILES string of the molecule is CC(C)(C)c1nnc([C@H]2CC[C@H](NS(=O)(=O)c3ccc4[nH]c(-c5ccc(Cl)cc5)nc4c3)CC2)o1. The summed E-state index contributed by atoms with van der Waals surface area (Å²) in [7, 11) is -3.68. The summed E-state index contributed by atoms with van der Waals surface area (Å²) in [6.45, 7) is 6.11. The molecule has 10 heteroatoms. The van der Waals surface area contributed by atoms with Crippen molar-refractivity contribution in [1.82, 2.24) is 24.9 Å². The van der Waals surface area contributed by atoms with Crippen molar-refractivity contribution in [1.29, 1.82) is 0 Å². The number of fused-ring (bicyclic) bond motifs is 1. The number of rotatable bonds is 5. The molecular weight excluding hydrogens is 486 g/mol. The van der Waals surface area contributed by atoms with Crippen LogP contribution >= 0.6 is 11.6 Å². The van der Waals surface area contributed by atoms with Crippen LogP contribution in [0, 0.1) is 0 Å². The molecule has 4 aromatic rings. The van der Waals surface area contributed by atoms with Gasteiger partial charge in [-0.1, -0.05) is 32.4 Å². The maximum absolute atomic E-state index is 13.1. The van der Waals surface area contributed by atoms with E-state index in [0.29, 0.717) is 41.0 Å². The topological polar surface area (TPSA) is 114 Å². The molecule has 1 fully saturated rings. The van der Waals surface area contributed by atoms with Gasteiger partial charge in [0.2, 0.25) is 21.8 Å². The Kier molecular flexibility index (Phi) is 6.19. The van der Waals surface area contributed by atoms with E-state index in [0.717, 1.165) is 23.9 Å². The minimum atomic E-state index is -3.68. The van der Waals surface area contributed by atoms with Crippen molar-refractivity contribution in [3.8, 4) is 11.4 Å². The van der Waals surface area contributed by atoms with Crippen molar-refractivity contribution in [2.45, 2.75) is 68.7 Å². The number of aromatic nitrogens is 4. The number of sulfonamides is 1. The molecule has 2 aromatic carbocycles. The van der Waals surface area contributed by atoms with Gasteiger partial charge in [-0.2, -0.15) is 0 Å². The molecule has 184 valence electrons. The van der Waals surface area contributed by atoms with E-state index in [1.54, 1.807) is 30.3 Å². The van der Waals surface area contributed by atoms with Gasteiger partial charge in [0, 0.05) is 28.0 Å². The maximum atomic E-state index is 13.1. The number of hydrogen-bond donors (Lipinski definition) is 2. The lowest BCUT2D eigenvalue weighted by atomic mass is 9.86. The highest BCUT2D eigenvalue weighted by Gasteiger charge is 2.31. The first-order chi connectivity index (χ1) is 16.6. The summed E-state index contributed by atoms with van der Waals surface area (Å²) in [5.74, 6) is 2.10. The van der Waals surface area contributed by atoms with Crippen LogP contribution in [-0.4, -0.2) is 34.6 Å². The smallest absolute Gasteiger partial charge is 0.240 e. The fourth-order valence-electron chi connectivity index (χ4n) is 4.35. The van der Waals surface area contributed by atoms with Gasteiger partial charge in [-0.3, -0.25) is 0 Å². The van der Waals surface area contributed by atoms with Gasteiger partial charge in [-0.15, -0.1) is 10.2 Å². The quantitative estimate of drug-likeness (QED) is 0.360. The van der Waals surface area contributed by atoms with Crippen LogP contribution in [0.4, 0.5) is 0 Å². The number of nitrogens with zero attached hydrogens (tertiary/aromatic N) is 3. The monoisotopic (exact) mass is 513 g/mol. The van der Waals surface area contributed by atoms with E-state index in [4.69, 9.17) is 16.0 Å². The number of H-pyrrole nitrogens is 1. The molecule has 0 bridgehead atoms. The number of halogens is 1. The second-order valence-electron chi connectivity index (χ2n) is 10.1. The number of benzene rings is 2. The fraction of sp³-hybridized carbons (Fsp3) is 0.400. The summed E-state index contributed by atoms with van der Waals surface area (Å²) in [5, 5.41) is 9.07. The summed E-state index contributed by atoms with van der Waals surface area (Å²) in [6.07, 6.45) is 3.01. The third-order valence-corrected chi connectivity index (χ3v) is 8.13. The van der Waals surface area contributed by atoms with Gasteiger partial charge >= 0.3 is 0 Å². The fourth-order valence-corrected chi connectivity index (χ4v) is 5.80. The Labute approximate surface area is 209 Å². The summed E-state index contributed by atoms with van der Waals surface area (Å²) in [4.78, 5) is 8.02. The lowest BCUT2D eigenvalue weighted by Gasteiger charge is -2.27. The molecule has 0 unspecified atom stereocenters. The molecule has 8 nitrogen and oxygen atoms in total.